The van der Waals surface area contributed by atoms with Gasteiger partial charge in [-0.1, -0.05) is 0 Å². The molecule has 0 aliphatic carbocycles. The molecule has 0 aromatic heterocycles. The minimum absolute atomic E-state index is 0.00995. The molecule has 0 spiro atoms. The van der Waals surface area contributed by atoms with E-state index < -0.39 is 34.4 Å². The Bertz CT molecular complexity index is 421. The molecule has 1 amide bonds. The van der Waals surface area contributed by atoms with Crippen molar-refractivity contribution in [3.63, 3.8) is 0 Å². The maximum Gasteiger partial charge on any atom is 0.328 e. The molecule has 2 unspecified atom stereocenters. The van der Waals surface area contributed by atoms with Crippen molar-refractivity contribution in [3.05, 3.63) is 0 Å². The van der Waals surface area contributed by atoms with Crippen molar-refractivity contribution < 1.29 is 28.2 Å². The summed E-state index contributed by atoms with van der Waals surface area (Å²) in [4.78, 5) is 21.9. The molecule has 7 nitrogen and oxygen atoms in total. The molecule has 0 saturated carbocycles. The Labute approximate surface area is 109 Å². The largest absolute Gasteiger partial charge is 0.480 e. The molecule has 1 aliphatic heterocycles. The van der Waals surface area contributed by atoms with E-state index in [1.54, 1.807) is 0 Å². The minimum Gasteiger partial charge on any atom is -0.480 e. The first-order chi connectivity index (χ1) is 8.34. The van der Waals surface area contributed by atoms with Gasteiger partial charge in [-0.05, 0) is 6.42 Å². The van der Waals surface area contributed by atoms with E-state index in [9.17, 15) is 18.0 Å². The topological polar surface area (TPSA) is 121 Å². The van der Waals surface area contributed by atoms with E-state index in [0.29, 0.717) is 6.42 Å². The second-order valence-corrected chi connectivity index (χ2v) is 7.49. The van der Waals surface area contributed by atoms with Crippen molar-refractivity contribution in [2.45, 2.75) is 17.7 Å². The third-order valence-corrected chi connectivity index (χ3v) is 5.74. The standard InChI is InChI=1S/C9H15NO6S2/c11-3-7(9(13)14)10-8(12)4-17-6-1-2-18(15,16)5-6/h6-7,11H,1-5H2,(H,10,12)(H,13,14). The molecule has 18 heavy (non-hydrogen) atoms. The van der Waals surface area contributed by atoms with Crippen LogP contribution in [0.3, 0.4) is 0 Å². The number of rotatable bonds is 6. The Kier molecular flexibility index (Phi) is 5.42. The lowest BCUT2D eigenvalue weighted by Crippen LogP contribution is -2.44. The van der Waals surface area contributed by atoms with Crippen LogP contribution in [0.1, 0.15) is 6.42 Å². The van der Waals surface area contributed by atoms with Crippen LogP contribution >= 0.6 is 11.8 Å². The van der Waals surface area contributed by atoms with Gasteiger partial charge in [0.2, 0.25) is 5.91 Å². The molecule has 0 aromatic rings. The fourth-order valence-electron chi connectivity index (χ4n) is 1.51. The van der Waals surface area contributed by atoms with Gasteiger partial charge in [0.15, 0.2) is 9.84 Å². The maximum absolute atomic E-state index is 11.4. The smallest absolute Gasteiger partial charge is 0.328 e. The van der Waals surface area contributed by atoms with Crippen molar-refractivity contribution in [2.24, 2.45) is 0 Å². The van der Waals surface area contributed by atoms with E-state index in [0.717, 1.165) is 0 Å². The highest BCUT2D eigenvalue weighted by Crippen LogP contribution is 2.23. The zero-order valence-corrected chi connectivity index (χ0v) is 11.2. The number of hydrogen-bond donors (Lipinski definition) is 3. The SMILES string of the molecule is O=C(CSC1CCS(=O)(=O)C1)NC(CO)C(=O)O. The van der Waals surface area contributed by atoms with E-state index in [-0.39, 0.29) is 22.5 Å². The Morgan fingerprint density at radius 3 is 2.56 bits per heavy atom. The molecule has 1 aliphatic rings. The van der Waals surface area contributed by atoms with Crippen LogP contribution in [0.2, 0.25) is 0 Å². The molecule has 2 atom stereocenters. The van der Waals surface area contributed by atoms with Crippen LogP contribution < -0.4 is 5.32 Å². The summed E-state index contributed by atoms with van der Waals surface area (Å²) in [5.41, 5.74) is 0. The van der Waals surface area contributed by atoms with Crippen LogP contribution in [0.5, 0.6) is 0 Å². The fourth-order valence-corrected chi connectivity index (χ4v) is 4.96. The molecule has 1 fully saturated rings. The highest BCUT2D eigenvalue weighted by atomic mass is 32.2. The summed E-state index contributed by atoms with van der Waals surface area (Å²) in [6.45, 7) is -0.677. The summed E-state index contributed by atoms with van der Waals surface area (Å²) in [5, 5.41) is 19.4. The molecule has 104 valence electrons. The number of aliphatic carboxylic acids is 1. The average molecular weight is 297 g/mol. The number of hydrogen-bond acceptors (Lipinski definition) is 6. The lowest BCUT2D eigenvalue weighted by molar-refractivity contribution is -0.142. The number of carboxylic acids is 1. The van der Waals surface area contributed by atoms with Gasteiger partial charge < -0.3 is 15.5 Å². The highest BCUT2D eigenvalue weighted by molar-refractivity contribution is 8.02. The second-order valence-electron chi connectivity index (χ2n) is 3.98. The summed E-state index contributed by atoms with van der Waals surface area (Å²) in [7, 11) is -2.97. The van der Waals surface area contributed by atoms with Crippen LogP contribution in [-0.2, 0) is 19.4 Å². The van der Waals surface area contributed by atoms with E-state index in [2.05, 4.69) is 5.32 Å². The Morgan fingerprint density at radius 1 is 1.44 bits per heavy atom. The van der Waals surface area contributed by atoms with Crippen LogP contribution in [0.15, 0.2) is 0 Å². The third kappa shape index (κ3) is 4.83. The lowest BCUT2D eigenvalue weighted by atomic mass is 10.3. The molecule has 0 bridgehead atoms. The van der Waals surface area contributed by atoms with Gasteiger partial charge in [0.25, 0.3) is 0 Å². The molecule has 3 N–H and O–H groups in total. The molecular formula is C9H15NO6S2. The fraction of sp³-hybridized carbons (Fsp3) is 0.778. The molecule has 0 aromatic carbocycles. The van der Waals surface area contributed by atoms with Crippen LogP contribution in [0.25, 0.3) is 0 Å². The maximum atomic E-state index is 11.4. The van der Waals surface area contributed by atoms with Crippen molar-refractivity contribution in [3.8, 4) is 0 Å². The summed E-state index contributed by atoms with van der Waals surface area (Å²) in [6.07, 6.45) is 0.517. The number of carboxylic acid groups (broad SMARTS) is 1. The van der Waals surface area contributed by atoms with Gasteiger partial charge in [-0.2, -0.15) is 0 Å². The van der Waals surface area contributed by atoms with Crippen molar-refractivity contribution >= 4 is 33.5 Å². The number of aliphatic hydroxyl groups excluding tert-OH is 1. The van der Waals surface area contributed by atoms with Gasteiger partial charge in [0.1, 0.15) is 6.04 Å². The molecule has 0 radical (unpaired) electrons. The van der Waals surface area contributed by atoms with E-state index in [4.69, 9.17) is 10.2 Å². The van der Waals surface area contributed by atoms with Gasteiger partial charge in [-0.25, -0.2) is 13.2 Å². The normalized spacial score (nSPS) is 23.5. The number of carbonyl (C=O) groups excluding carboxylic acids is 1. The summed E-state index contributed by atoms with van der Waals surface area (Å²) >= 11 is 1.19. The Morgan fingerprint density at radius 2 is 2.11 bits per heavy atom. The second kappa shape index (κ2) is 6.39. The number of aliphatic hydroxyl groups is 1. The number of sulfone groups is 1. The molecular weight excluding hydrogens is 282 g/mol. The first-order valence-electron chi connectivity index (χ1n) is 5.29. The van der Waals surface area contributed by atoms with Gasteiger partial charge in [0.05, 0.1) is 23.9 Å². The van der Waals surface area contributed by atoms with Gasteiger partial charge in [-0.15, -0.1) is 11.8 Å². The zero-order chi connectivity index (χ0) is 13.8. The van der Waals surface area contributed by atoms with Crippen LogP contribution in [0.4, 0.5) is 0 Å². The monoisotopic (exact) mass is 297 g/mol. The van der Waals surface area contributed by atoms with E-state index in [1.165, 1.54) is 11.8 Å². The molecule has 1 rings (SSSR count). The number of nitrogens with one attached hydrogen (secondary N) is 1. The first-order valence-corrected chi connectivity index (χ1v) is 8.16. The quantitative estimate of drug-likeness (QED) is 0.544. The first kappa shape index (κ1) is 15.3. The van der Waals surface area contributed by atoms with E-state index in [1.807, 2.05) is 0 Å². The predicted molar refractivity (Wildman–Crippen MR) is 66.2 cm³/mol. The van der Waals surface area contributed by atoms with E-state index >= 15 is 0 Å². The Balaban J connectivity index is 2.32. The summed E-state index contributed by atoms with van der Waals surface area (Å²) < 4.78 is 22.3. The van der Waals surface area contributed by atoms with Gasteiger partial charge in [0, 0.05) is 5.25 Å². The Hall–Kier alpha value is -0.800. The minimum atomic E-state index is -2.97. The predicted octanol–water partition coefficient (Wildman–Crippen LogP) is -1.53. The lowest BCUT2D eigenvalue weighted by Gasteiger charge is -2.12. The molecule has 9 heteroatoms. The van der Waals surface area contributed by atoms with Crippen LogP contribution in [0, 0.1) is 0 Å². The number of thioether (sulfide) groups is 1. The average Bonchev–Trinajstić information content (AvgIpc) is 2.62. The number of amides is 1. The zero-order valence-electron chi connectivity index (χ0n) is 9.53. The molecule has 1 saturated heterocycles. The summed E-state index contributed by atoms with van der Waals surface area (Å²) in [6, 6.07) is -1.31. The highest BCUT2D eigenvalue weighted by Gasteiger charge is 2.29. The van der Waals surface area contributed by atoms with Gasteiger partial charge in [-0.3, -0.25) is 4.79 Å². The molecule has 1 heterocycles. The van der Waals surface area contributed by atoms with Gasteiger partial charge >= 0.3 is 5.97 Å². The third-order valence-electron chi connectivity index (χ3n) is 2.46. The van der Waals surface area contributed by atoms with Crippen molar-refractivity contribution in [2.75, 3.05) is 23.9 Å². The number of carbonyl (C=O) groups is 2. The summed E-state index contributed by atoms with van der Waals surface area (Å²) in [5.74, 6) is -1.64. The van der Waals surface area contributed by atoms with Crippen LogP contribution in [-0.4, -0.2) is 65.7 Å². The van der Waals surface area contributed by atoms with Crippen molar-refractivity contribution in [1.29, 1.82) is 0 Å². The van der Waals surface area contributed by atoms with Crippen molar-refractivity contribution in [1.82, 2.24) is 5.32 Å².